The van der Waals surface area contributed by atoms with E-state index in [9.17, 15) is 14.7 Å². The molecule has 0 amide bonds. The molecule has 0 aromatic carbocycles. The van der Waals surface area contributed by atoms with Crippen molar-refractivity contribution in [3.8, 4) is 0 Å². The molecule has 2 rings (SSSR count). The summed E-state index contributed by atoms with van der Waals surface area (Å²) in [5, 5.41) is 9.54. The zero-order chi connectivity index (χ0) is 12.6. The van der Waals surface area contributed by atoms with Crippen LogP contribution in [0, 0.1) is 13.8 Å². The Kier molecular flexibility index (Phi) is 2.81. The van der Waals surface area contributed by atoms with Crippen molar-refractivity contribution < 1.29 is 14.7 Å². The van der Waals surface area contributed by atoms with Gasteiger partial charge in [-0.3, -0.25) is 9.59 Å². The molecule has 0 radical (unpaired) electrons. The smallest absolute Gasteiger partial charge is 0.314 e. The normalized spacial score (nSPS) is 19.3. The standard InChI is InChI=1S/C13H17NO3/c1-8-7-11(9(2)14-8)13(12(16)17)5-3-10(15)4-6-13/h7,14H,3-6H2,1-2H3,(H,16,17). The molecule has 1 aromatic rings. The number of aromatic amines is 1. The molecular weight excluding hydrogens is 218 g/mol. The molecule has 1 saturated carbocycles. The topological polar surface area (TPSA) is 70.2 Å². The van der Waals surface area contributed by atoms with Crippen LogP contribution in [0.25, 0.3) is 0 Å². The summed E-state index contributed by atoms with van der Waals surface area (Å²) in [5.41, 5.74) is 1.84. The summed E-state index contributed by atoms with van der Waals surface area (Å²) in [6.45, 7) is 3.81. The van der Waals surface area contributed by atoms with Crippen LogP contribution in [0.3, 0.4) is 0 Å². The Morgan fingerprint density at radius 3 is 2.35 bits per heavy atom. The summed E-state index contributed by atoms with van der Waals surface area (Å²) in [6.07, 6.45) is 1.57. The fourth-order valence-corrected chi connectivity index (χ4v) is 2.78. The Morgan fingerprint density at radius 1 is 1.35 bits per heavy atom. The Balaban J connectivity index is 2.45. The van der Waals surface area contributed by atoms with Crippen LogP contribution in [-0.4, -0.2) is 21.8 Å². The minimum absolute atomic E-state index is 0.173. The molecule has 1 aliphatic carbocycles. The van der Waals surface area contributed by atoms with Crippen LogP contribution in [0.1, 0.15) is 42.6 Å². The van der Waals surface area contributed by atoms with Gasteiger partial charge in [-0.1, -0.05) is 0 Å². The Hall–Kier alpha value is -1.58. The molecule has 0 unspecified atom stereocenters. The highest BCUT2D eigenvalue weighted by molar-refractivity contribution is 5.87. The monoisotopic (exact) mass is 235 g/mol. The van der Waals surface area contributed by atoms with Crippen LogP contribution in [0.5, 0.6) is 0 Å². The quantitative estimate of drug-likeness (QED) is 0.824. The largest absolute Gasteiger partial charge is 0.481 e. The highest BCUT2D eigenvalue weighted by Gasteiger charge is 2.44. The number of aromatic nitrogens is 1. The van der Waals surface area contributed by atoms with E-state index >= 15 is 0 Å². The van der Waals surface area contributed by atoms with E-state index in [2.05, 4.69) is 4.98 Å². The maximum atomic E-state index is 11.6. The average molecular weight is 235 g/mol. The summed E-state index contributed by atoms with van der Waals surface area (Å²) in [6, 6.07) is 1.90. The lowest BCUT2D eigenvalue weighted by Crippen LogP contribution is -2.40. The third kappa shape index (κ3) is 1.88. The van der Waals surface area contributed by atoms with E-state index in [1.807, 2.05) is 19.9 Å². The van der Waals surface area contributed by atoms with Crippen molar-refractivity contribution in [1.82, 2.24) is 4.98 Å². The molecule has 0 atom stereocenters. The molecule has 0 aliphatic heterocycles. The number of aryl methyl sites for hydroxylation is 2. The molecule has 1 heterocycles. The van der Waals surface area contributed by atoms with E-state index < -0.39 is 11.4 Å². The summed E-state index contributed by atoms with van der Waals surface area (Å²) in [7, 11) is 0. The van der Waals surface area contributed by atoms with E-state index in [-0.39, 0.29) is 5.78 Å². The van der Waals surface area contributed by atoms with Gasteiger partial charge < -0.3 is 10.1 Å². The van der Waals surface area contributed by atoms with Gasteiger partial charge in [-0.05, 0) is 38.3 Å². The van der Waals surface area contributed by atoms with Gasteiger partial charge >= 0.3 is 5.97 Å². The molecule has 92 valence electrons. The van der Waals surface area contributed by atoms with Crippen molar-refractivity contribution >= 4 is 11.8 Å². The second kappa shape index (κ2) is 4.02. The van der Waals surface area contributed by atoms with Crippen LogP contribution in [0.4, 0.5) is 0 Å². The molecule has 17 heavy (non-hydrogen) atoms. The van der Waals surface area contributed by atoms with Gasteiger partial charge in [0.1, 0.15) is 5.78 Å². The highest BCUT2D eigenvalue weighted by atomic mass is 16.4. The van der Waals surface area contributed by atoms with Gasteiger partial charge in [0.2, 0.25) is 0 Å². The van der Waals surface area contributed by atoms with Crippen LogP contribution < -0.4 is 0 Å². The van der Waals surface area contributed by atoms with E-state index in [1.54, 1.807) is 0 Å². The number of hydrogen-bond donors (Lipinski definition) is 2. The number of hydrogen-bond acceptors (Lipinski definition) is 2. The number of carbonyl (C=O) groups is 2. The third-order valence-corrected chi connectivity index (χ3v) is 3.74. The zero-order valence-corrected chi connectivity index (χ0v) is 10.2. The zero-order valence-electron chi connectivity index (χ0n) is 10.2. The summed E-state index contributed by atoms with van der Waals surface area (Å²) in [4.78, 5) is 26.1. The number of H-pyrrole nitrogens is 1. The first kappa shape index (κ1) is 11.9. The van der Waals surface area contributed by atoms with E-state index in [1.165, 1.54) is 0 Å². The van der Waals surface area contributed by atoms with Gasteiger partial charge in [0, 0.05) is 24.2 Å². The summed E-state index contributed by atoms with van der Waals surface area (Å²) in [5.74, 6) is -0.640. The summed E-state index contributed by atoms with van der Waals surface area (Å²) < 4.78 is 0. The molecule has 4 heteroatoms. The molecular formula is C13H17NO3. The highest BCUT2D eigenvalue weighted by Crippen LogP contribution is 2.40. The minimum atomic E-state index is -0.872. The predicted molar refractivity (Wildman–Crippen MR) is 63.1 cm³/mol. The molecule has 4 nitrogen and oxygen atoms in total. The lowest BCUT2D eigenvalue weighted by atomic mass is 9.69. The lowest BCUT2D eigenvalue weighted by Gasteiger charge is -2.32. The average Bonchev–Trinajstić information content (AvgIpc) is 2.59. The van der Waals surface area contributed by atoms with Crippen molar-refractivity contribution in [2.24, 2.45) is 0 Å². The number of carboxylic acid groups (broad SMARTS) is 1. The fourth-order valence-electron chi connectivity index (χ4n) is 2.78. The molecule has 1 aromatic heterocycles. The molecule has 1 aliphatic rings. The second-order valence-corrected chi connectivity index (χ2v) is 4.92. The number of carboxylic acids is 1. The van der Waals surface area contributed by atoms with Gasteiger partial charge in [-0.15, -0.1) is 0 Å². The predicted octanol–water partition coefficient (Wildman–Crippen LogP) is 2.10. The lowest BCUT2D eigenvalue weighted by molar-refractivity contribution is -0.146. The van der Waals surface area contributed by atoms with E-state index in [4.69, 9.17) is 0 Å². The first-order valence-corrected chi connectivity index (χ1v) is 5.87. The maximum Gasteiger partial charge on any atom is 0.314 e. The molecule has 1 fully saturated rings. The Bertz CT molecular complexity index is 463. The number of rotatable bonds is 2. The second-order valence-electron chi connectivity index (χ2n) is 4.92. The Morgan fingerprint density at radius 2 is 1.94 bits per heavy atom. The molecule has 2 N–H and O–H groups in total. The van der Waals surface area contributed by atoms with Crippen molar-refractivity contribution in [2.75, 3.05) is 0 Å². The number of Topliss-reactive ketones (excluding diaryl/α,β-unsaturated/α-hetero) is 1. The van der Waals surface area contributed by atoms with Crippen LogP contribution in [0.2, 0.25) is 0 Å². The number of nitrogens with one attached hydrogen (secondary N) is 1. The van der Waals surface area contributed by atoms with Crippen molar-refractivity contribution in [1.29, 1.82) is 0 Å². The molecule has 0 spiro atoms. The number of aliphatic carboxylic acids is 1. The molecule has 0 bridgehead atoms. The van der Waals surface area contributed by atoms with Crippen molar-refractivity contribution in [2.45, 2.75) is 44.9 Å². The fraction of sp³-hybridized carbons (Fsp3) is 0.538. The van der Waals surface area contributed by atoms with Gasteiger partial charge in [0.15, 0.2) is 0 Å². The van der Waals surface area contributed by atoms with E-state index in [0.717, 1.165) is 17.0 Å². The minimum Gasteiger partial charge on any atom is -0.481 e. The molecule has 0 saturated heterocycles. The first-order valence-electron chi connectivity index (χ1n) is 5.87. The van der Waals surface area contributed by atoms with Crippen LogP contribution >= 0.6 is 0 Å². The van der Waals surface area contributed by atoms with Crippen LogP contribution in [-0.2, 0) is 15.0 Å². The van der Waals surface area contributed by atoms with Gasteiger partial charge in [0.05, 0.1) is 5.41 Å². The van der Waals surface area contributed by atoms with Gasteiger partial charge in [0.25, 0.3) is 0 Å². The van der Waals surface area contributed by atoms with Crippen molar-refractivity contribution in [3.63, 3.8) is 0 Å². The number of carbonyl (C=O) groups excluding carboxylic acids is 1. The number of ketones is 1. The Labute approximate surface area is 100 Å². The van der Waals surface area contributed by atoms with Crippen molar-refractivity contribution in [3.05, 3.63) is 23.0 Å². The maximum absolute atomic E-state index is 11.6. The summed E-state index contributed by atoms with van der Waals surface area (Å²) >= 11 is 0. The SMILES string of the molecule is Cc1cc(C2(C(=O)O)CCC(=O)CC2)c(C)[nH]1. The third-order valence-electron chi connectivity index (χ3n) is 3.74. The first-order chi connectivity index (χ1) is 7.95. The van der Waals surface area contributed by atoms with Crippen LogP contribution in [0.15, 0.2) is 6.07 Å². The van der Waals surface area contributed by atoms with Gasteiger partial charge in [-0.25, -0.2) is 0 Å². The van der Waals surface area contributed by atoms with E-state index in [0.29, 0.717) is 25.7 Å². The van der Waals surface area contributed by atoms with Gasteiger partial charge in [-0.2, -0.15) is 0 Å².